The van der Waals surface area contributed by atoms with Gasteiger partial charge in [0, 0.05) is 0 Å². The Balaban J connectivity index is 1.74. The van der Waals surface area contributed by atoms with Crippen molar-refractivity contribution in [3.05, 3.63) is 52.9 Å². The molecule has 0 saturated carbocycles. The number of imide groups is 1. The highest BCUT2D eigenvalue weighted by atomic mass is 35.5. The quantitative estimate of drug-likeness (QED) is 0.790. The van der Waals surface area contributed by atoms with Crippen molar-refractivity contribution >= 4 is 29.2 Å². The molecule has 0 bridgehead atoms. The highest BCUT2D eigenvalue weighted by Crippen LogP contribution is 2.22. The second-order valence-corrected chi connectivity index (χ2v) is 5.05. The fourth-order valence-corrected chi connectivity index (χ4v) is 2.04. The van der Waals surface area contributed by atoms with Gasteiger partial charge in [-0.3, -0.25) is 10.1 Å². The monoisotopic (exact) mass is 321 g/mol. The van der Waals surface area contributed by atoms with Gasteiger partial charge in [0.25, 0.3) is 0 Å². The zero-order valence-electron chi connectivity index (χ0n) is 12.0. The average molecular weight is 322 g/mol. The van der Waals surface area contributed by atoms with Crippen LogP contribution in [-0.4, -0.2) is 18.5 Å². The van der Waals surface area contributed by atoms with E-state index in [9.17, 15) is 9.59 Å². The smallest absolute Gasteiger partial charge is 0.321 e. The van der Waals surface area contributed by atoms with Crippen LogP contribution in [0.15, 0.2) is 41.0 Å². The van der Waals surface area contributed by atoms with E-state index in [1.807, 2.05) is 13.0 Å². The summed E-state index contributed by atoms with van der Waals surface area (Å²) in [5, 5.41) is 8.12. The standard InChI is InChI=1S/C15H16ClN3O3/c1-10-4-5-13(12(16)7-10)17-9-14(20)19-15(21)18-8-11-3-2-6-22-11/h2-7,17H,8-9H2,1H3,(H2,18,19,20,21). The van der Waals surface area contributed by atoms with Gasteiger partial charge in [-0.2, -0.15) is 0 Å². The van der Waals surface area contributed by atoms with Crippen molar-refractivity contribution in [2.24, 2.45) is 0 Å². The molecule has 0 aliphatic rings. The second-order valence-electron chi connectivity index (χ2n) is 4.65. The maximum Gasteiger partial charge on any atom is 0.321 e. The van der Waals surface area contributed by atoms with Crippen LogP contribution in [-0.2, 0) is 11.3 Å². The van der Waals surface area contributed by atoms with Crippen LogP contribution < -0.4 is 16.0 Å². The van der Waals surface area contributed by atoms with Crippen LogP contribution in [0.3, 0.4) is 0 Å². The molecule has 22 heavy (non-hydrogen) atoms. The summed E-state index contributed by atoms with van der Waals surface area (Å²) in [5.74, 6) is 0.140. The molecule has 2 aromatic rings. The lowest BCUT2D eigenvalue weighted by Crippen LogP contribution is -2.41. The Hall–Kier alpha value is -2.47. The first-order valence-electron chi connectivity index (χ1n) is 6.64. The summed E-state index contributed by atoms with van der Waals surface area (Å²) in [5.41, 5.74) is 1.66. The molecule has 6 nitrogen and oxygen atoms in total. The normalized spacial score (nSPS) is 10.1. The first-order chi connectivity index (χ1) is 10.5. The summed E-state index contributed by atoms with van der Waals surface area (Å²) < 4.78 is 5.06. The van der Waals surface area contributed by atoms with E-state index in [2.05, 4.69) is 16.0 Å². The van der Waals surface area contributed by atoms with Crippen molar-refractivity contribution < 1.29 is 14.0 Å². The largest absolute Gasteiger partial charge is 0.467 e. The number of hydrogen-bond donors (Lipinski definition) is 3. The van der Waals surface area contributed by atoms with Gasteiger partial charge in [-0.05, 0) is 36.8 Å². The molecule has 0 fully saturated rings. The number of urea groups is 1. The third kappa shape index (κ3) is 4.82. The van der Waals surface area contributed by atoms with Crippen LogP contribution in [0.25, 0.3) is 0 Å². The second kappa shape index (κ2) is 7.51. The zero-order valence-corrected chi connectivity index (χ0v) is 12.7. The number of amides is 3. The number of aryl methyl sites for hydroxylation is 1. The van der Waals surface area contributed by atoms with E-state index in [4.69, 9.17) is 16.0 Å². The molecule has 1 heterocycles. The third-order valence-electron chi connectivity index (χ3n) is 2.82. The van der Waals surface area contributed by atoms with Crippen molar-refractivity contribution in [1.29, 1.82) is 0 Å². The van der Waals surface area contributed by atoms with E-state index in [0.29, 0.717) is 16.5 Å². The minimum Gasteiger partial charge on any atom is -0.467 e. The molecule has 0 unspecified atom stereocenters. The van der Waals surface area contributed by atoms with Gasteiger partial charge in [0.1, 0.15) is 5.76 Å². The number of carbonyl (C=O) groups is 2. The molecule has 0 spiro atoms. The SMILES string of the molecule is Cc1ccc(NCC(=O)NC(=O)NCc2ccco2)c(Cl)c1. The third-order valence-corrected chi connectivity index (χ3v) is 3.13. The van der Waals surface area contributed by atoms with Crippen LogP contribution in [0.1, 0.15) is 11.3 Å². The summed E-state index contributed by atoms with van der Waals surface area (Å²) in [6.07, 6.45) is 1.51. The topological polar surface area (TPSA) is 83.4 Å². The summed E-state index contributed by atoms with van der Waals surface area (Å²) in [4.78, 5) is 23.2. The first-order valence-corrected chi connectivity index (χ1v) is 7.02. The van der Waals surface area contributed by atoms with E-state index in [-0.39, 0.29) is 13.1 Å². The number of carbonyl (C=O) groups excluding carboxylic acids is 2. The molecule has 0 atom stereocenters. The number of nitrogens with one attached hydrogen (secondary N) is 3. The molecule has 1 aromatic heterocycles. The fraction of sp³-hybridized carbons (Fsp3) is 0.200. The number of benzene rings is 1. The molecule has 3 N–H and O–H groups in total. The lowest BCUT2D eigenvalue weighted by Gasteiger charge is -2.09. The Morgan fingerprint density at radius 2 is 2.09 bits per heavy atom. The van der Waals surface area contributed by atoms with E-state index >= 15 is 0 Å². The van der Waals surface area contributed by atoms with Gasteiger partial charge < -0.3 is 15.1 Å². The zero-order chi connectivity index (χ0) is 15.9. The first kappa shape index (κ1) is 15.9. The van der Waals surface area contributed by atoms with E-state index in [0.717, 1.165) is 5.56 Å². The van der Waals surface area contributed by atoms with Crippen LogP contribution in [0.4, 0.5) is 10.5 Å². The number of furan rings is 1. The highest BCUT2D eigenvalue weighted by Gasteiger charge is 2.08. The van der Waals surface area contributed by atoms with Crippen molar-refractivity contribution in [3.8, 4) is 0 Å². The average Bonchev–Trinajstić information content (AvgIpc) is 2.97. The van der Waals surface area contributed by atoms with Crippen molar-refractivity contribution in [1.82, 2.24) is 10.6 Å². The number of halogens is 1. The predicted molar refractivity (Wildman–Crippen MR) is 83.8 cm³/mol. The van der Waals surface area contributed by atoms with Crippen LogP contribution in [0, 0.1) is 6.92 Å². The molecular formula is C15H16ClN3O3. The number of rotatable bonds is 5. The van der Waals surface area contributed by atoms with Crippen LogP contribution >= 0.6 is 11.6 Å². The molecule has 0 radical (unpaired) electrons. The molecule has 116 valence electrons. The molecule has 7 heteroatoms. The molecular weight excluding hydrogens is 306 g/mol. The van der Waals surface area contributed by atoms with Gasteiger partial charge in [0.05, 0.1) is 30.1 Å². The Labute approximate surface area is 132 Å². The summed E-state index contributed by atoms with van der Waals surface area (Å²) in [6.45, 7) is 2.08. The van der Waals surface area contributed by atoms with Crippen molar-refractivity contribution in [3.63, 3.8) is 0 Å². The molecule has 0 aliphatic heterocycles. The Kier molecular flexibility index (Phi) is 5.43. The minimum atomic E-state index is -0.585. The van der Waals surface area contributed by atoms with E-state index in [1.165, 1.54) is 6.26 Å². The van der Waals surface area contributed by atoms with Crippen molar-refractivity contribution in [2.45, 2.75) is 13.5 Å². The summed E-state index contributed by atoms with van der Waals surface area (Å²) in [7, 11) is 0. The maximum absolute atomic E-state index is 11.7. The van der Waals surface area contributed by atoms with Gasteiger partial charge >= 0.3 is 6.03 Å². The highest BCUT2D eigenvalue weighted by molar-refractivity contribution is 6.33. The predicted octanol–water partition coefficient (Wildman–Crippen LogP) is 2.68. The van der Waals surface area contributed by atoms with Crippen molar-refractivity contribution in [2.75, 3.05) is 11.9 Å². The number of hydrogen-bond acceptors (Lipinski definition) is 4. The van der Waals surface area contributed by atoms with Gasteiger partial charge in [0.2, 0.25) is 5.91 Å². The molecule has 0 saturated heterocycles. The van der Waals surface area contributed by atoms with E-state index < -0.39 is 11.9 Å². The molecule has 1 aromatic carbocycles. The van der Waals surface area contributed by atoms with E-state index in [1.54, 1.807) is 24.3 Å². The maximum atomic E-state index is 11.7. The summed E-state index contributed by atoms with van der Waals surface area (Å²) in [6, 6.07) is 8.30. The fourth-order valence-electron chi connectivity index (χ4n) is 1.73. The van der Waals surface area contributed by atoms with Crippen LogP contribution in [0.2, 0.25) is 5.02 Å². The van der Waals surface area contributed by atoms with Gasteiger partial charge in [-0.1, -0.05) is 17.7 Å². The van der Waals surface area contributed by atoms with Gasteiger partial charge in [-0.25, -0.2) is 4.79 Å². The Morgan fingerprint density at radius 3 is 2.77 bits per heavy atom. The molecule has 2 rings (SSSR count). The lowest BCUT2D eigenvalue weighted by atomic mass is 10.2. The molecule has 0 aliphatic carbocycles. The Bertz CT molecular complexity index is 656. The minimum absolute atomic E-state index is 0.0586. The van der Waals surface area contributed by atoms with Crippen LogP contribution in [0.5, 0.6) is 0 Å². The summed E-state index contributed by atoms with van der Waals surface area (Å²) >= 11 is 6.04. The number of anilines is 1. The van der Waals surface area contributed by atoms with Gasteiger partial charge in [-0.15, -0.1) is 0 Å². The lowest BCUT2D eigenvalue weighted by molar-refractivity contribution is -0.118. The van der Waals surface area contributed by atoms with Gasteiger partial charge in [0.15, 0.2) is 0 Å². The Morgan fingerprint density at radius 1 is 1.27 bits per heavy atom. The molecule has 3 amide bonds.